The van der Waals surface area contributed by atoms with Gasteiger partial charge in [-0.2, -0.15) is 0 Å². The van der Waals surface area contributed by atoms with E-state index < -0.39 is 12.1 Å². The molecule has 1 aliphatic rings. The number of hydrogen-bond donors (Lipinski definition) is 2. The van der Waals surface area contributed by atoms with Crippen LogP contribution in [-0.2, 0) is 11.3 Å². The summed E-state index contributed by atoms with van der Waals surface area (Å²) >= 11 is 0. The number of aliphatic hydroxyl groups is 1. The minimum Gasteiger partial charge on any atom is -0.497 e. The van der Waals surface area contributed by atoms with Gasteiger partial charge in [0.25, 0.3) is 0 Å². The number of methoxy groups -OCH3 is 1. The quantitative estimate of drug-likeness (QED) is 0.318. The van der Waals surface area contributed by atoms with Crippen molar-refractivity contribution >= 4 is 17.3 Å². The third kappa shape index (κ3) is 6.25. The van der Waals surface area contributed by atoms with Crippen LogP contribution in [0.1, 0.15) is 67.9 Å². The van der Waals surface area contributed by atoms with Crippen LogP contribution >= 0.6 is 0 Å². The molecular formula is C31H38N2O4. The molecule has 6 heteroatoms. The maximum absolute atomic E-state index is 11.8. The second-order valence-corrected chi connectivity index (χ2v) is 9.69. The van der Waals surface area contributed by atoms with Gasteiger partial charge in [0.1, 0.15) is 5.75 Å². The first-order valence-corrected chi connectivity index (χ1v) is 13.3. The highest BCUT2D eigenvalue weighted by Crippen LogP contribution is 2.40. The second-order valence-electron chi connectivity index (χ2n) is 9.69. The van der Waals surface area contributed by atoms with Gasteiger partial charge in [0, 0.05) is 36.6 Å². The molecule has 0 bridgehead atoms. The number of carboxylic acid groups (broad SMARTS) is 1. The molecule has 2 atom stereocenters. The molecule has 37 heavy (non-hydrogen) atoms. The average Bonchev–Trinajstić information content (AvgIpc) is 2.95. The number of ether oxygens (including phenoxy) is 1. The minimum atomic E-state index is -1.60. The first-order valence-electron chi connectivity index (χ1n) is 13.3. The van der Waals surface area contributed by atoms with Crippen molar-refractivity contribution in [1.29, 1.82) is 0 Å². The molecule has 0 spiro atoms. The Hall–Kier alpha value is -3.51. The fraction of sp³-hybridized carbons (Fsp3) is 0.387. The first kappa shape index (κ1) is 26.6. The molecule has 3 aromatic rings. The van der Waals surface area contributed by atoms with Gasteiger partial charge in [-0.05, 0) is 61.1 Å². The Morgan fingerprint density at radius 3 is 2.24 bits per heavy atom. The van der Waals surface area contributed by atoms with Gasteiger partial charge < -0.3 is 24.7 Å². The number of anilines is 2. The topological polar surface area (TPSA) is 73.2 Å². The Kier molecular flexibility index (Phi) is 9.07. The molecule has 1 aliphatic heterocycles. The highest BCUT2D eigenvalue weighted by Gasteiger charge is 2.29. The van der Waals surface area contributed by atoms with Crippen LogP contribution in [0.25, 0.3) is 0 Å². The molecule has 0 radical (unpaired) electrons. The van der Waals surface area contributed by atoms with Crippen molar-refractivity contribution in [1.82, 2.24) is 0 Å². The van der Waals surface area contributed by atoms with Crippen molar-refractivity contribution in [3.63, 3.8) is 0 Å². The molecular weight excluding hydrogens is 464 g/mol. The third-order valence-corrected chi connectivity index (χ3v) is 7.22. The van der Waals surface area contributed by atoms with Crippen LogP contribution in [-0.4, -0.2) is 36.4 Å². The first-order chi connectivity index (χ1) is 18.0. The third-order valence-electron chi connectivity index (χ3n) is 7.22. The largest absolute Gasteiger partial charge is 0.497 e. The van der Waals surface area contributed by atoms with E-state index in [0.29, 0.717) is 12.1 Å². The Labute approximate surface area is 220 Å². The fourth-order valence-electron chi connectivity index (χ4n) is 5.35. The van der Waals surface area contributed by atoms with Crippen molar-refractivity contribution in [3.05, 3.63) is 89.5 Å². The Morgan fingerprint density at radius 1 is 0.946 bits per heavy atom. The number of nitrogens with zero attached hydrogens (tertiary/aromatic N) is 2. The SMILES string of the molecule is CCCC(c1ccccc1N1CCCCC1)N(Cc1ccc(OC)cc1)c1ccccc1[C@H](O)C(=O)O. The average molecular weight is 503 g/mol. The number of carboxylic acids is 1. The summed E-state index contributed by atoms with van der Waals surface area (Å²) in [6, 6.07) is 23.9. The lowest BCUT2D eigenvalue weighted by molar-refractivity contribution is -0.146. The number of aliphatic carboxylic acids is 1. The molecule has 0 amide bonds. The molecule has 1 fully saturated rings. The van der Waals surface area contributed by atoms with Crippen LogP contribution < -0.4 is 14.5 Å². The number of carbonyl (C=O) groups is 1. The van der Waals surface area contributed by atoms with Gasteiger partial charge in [-0.25, -0.2) is 4.79 Å². The zero-order valence-electron chi connectivity index (χ0n) is 21.8. The molecule has 1 heterocycles. The van der Waals surface area contributed by atoms with Crippen LogP contribution in [0.4, 0.5) is 11.4 Å². The van der Waals surface area contributed by atoms with Gasteiger partial charge >= 0.3 is 5.97 Å². The van der Waals surface area contributed by atoms with Gasteiger partial charge in [-0.15, -0.1) is 0 Å². The van der Waals surface area contributed by atoms with Crippen molar-refractivity contribution in [2.45, 2.75) is 57.7 Å². The Balaban J connectivity index is 1.84. The van der Waals surface area contributed by atoms with Crippen LogP contribution in [0.5, 0.6) is 5.75 Å². The van der Waals surface area contributed by atoms with E-state index in [9.17, 15) is 15.0 Å². The molecule has 3 aromatic carbocycles. The summed E-state index contributed by atoms with van der Waals surface area (Å²) in [6.45, 7) is 4.83. The van der Waals surface area contributed by atoms with E-state index in [1.54, 1.807) is 19.2 Å². The molecule has 1 unspecified atom stereocenters. The van der Waals surface area contributed by atoms with Crippen molar-refractivity contribution in [2.75, 3.05) is 30.0 Å². The second kappa shape index (κ2) is 12.6. The number of para-hydroxylation sites is 2. The van der Waals surface area contributed by atoms with E-state index in [2.05, 4.69) is 41.0 Å². The van der Waals surface area contributed by atoms with Crippen LogP contribution in [0, 0.1) is 0 Å². The van der Waals surface area contributed by atoms with Gasteiger partial charge in [0.2, 0.25) is 0 Å². The lowest BCUT2D eigenvalue weighted by Crippen LogP contribution is -2.34. The van der Waals surface area contributed by atoms with E-state index in [0.717, 1.165) is 42.9 Å². The molecule has 196 valence electrons. The minimum absolute atomic E-state index is 0.00706. The highest BCUT2D eigenvalue weighted by atomic mass is 16.5. The van der Waals surface area contributed by atoms with E-state index in [1.807, 2.05) is 36.4 Å². The van der Waals surface area contributed by atoms with Gasteiger partial charge in [0.05, 0.1) is 13.2 Å². The summed E-state index contributed by atoms with van der Waals surface area (Å²) < 4.78 is 5.36. The highest BCUT2D eigenvalue weighted by molar-refractivity contribution is 5.77. The predicted molar refractivity (Wildman–Crippen MR) is 148 cm³/mol. The van der Waals surface area contributed by atoms with Gasteiger partial charge in [0.15, 0.2) is 6.10 Å². The summed E-state index contributed by atoms with van der Waals surface area (Å²) in [7, 11) is 1.65. The molecule has 4 rings (SSSR count). The molecule has 0 aliphatic carbocycles. The molecule has 6 nitrogen and oxygen atoms in total. The van der Waals surface area contributed by atoms with Crippen LogP contribution in [0.2, 0.25) is 0 Å². The standard InChI is InChI=1S/C31H38N2O4/c1-3-11-28(25-12-5-7-14-27(25)32-20-9-4-10-21-32)33(22-23-16-18-24(37-2)19-17-23)29-15-8-6-13-26(29)30(34)31(35)36/h5-8,12-19,28,30,34H,3-4,9-11,20-22H2,1-2H3,(H,35,36)/t28?,30-/m0/s1. The monoisotopic (exact) mass is 502 g/mol. The Bertz CT molecular complexity index is 1160. The van der Waals surface area contributed by atoms with Crippen molar-refractivity contribution in [3.8, 4) is 5.75 Å². The van der Waals surface area contributed by atoms with Gasteiger partial charge in [-0.1, -0.05) is 61.9 Å². The predicted octanol–water partition coefficient (Wildman–Crippen LogP) is 6.35. The van der Waals surface area contributed by atoms with Crippen LogP contribution in [0.15, 0.2) is 72.8 Å². The van der Waals surface area contributed by atoms with E-state index >= 15 is 0 Å². The number of benzene rings is 3. The molecule has 2 N–H and O–H groups in total. The lowest BCUT2D eigenvalue weighted by Gasteiger charge is -2.39. The fourth-order valence-corrected chi connectivity index (χ4v) is 5.35. The normalized spacial score (nSPS) is 15.2. The smallest absolute Gasteiger partial charge is 0.337 e. The molecule has 1 saturated heterocycles. The van der Waals surface area contributed by atoms with Crippen molar-refractivity contribution < 1.29 is 19.7 Å². The molecule has 0 saturated carbocycles. The van der Waals surface area contributed by atoms with Crippen LogP contribution in [0.3, 0.4) is 0 Å². The summed E-state index contributed by atoms with van der Waals surface area (Å²) in [5.74, 6) is -0.463. The van der Waals surface area contributed by atoms with Gasteiger partial charge in [-0.3, -0.25) is 0 Å². The zero-order chi connectivity index (χ0) is 26.2. The number of hydrogen-bond acceptors (Lipinski definition) is 5. The van der Waals surface area contributed by atoms with Crippen molar-refractivity contribution in [2.24, 2.45) is 0 Å². The number of piperidine rings is 1. The lowest BCUT2D eigenvalue weighted by atomic mass is 9.94. The number of aliphatic hydroxyl groups excluding tert-OH is 1. The summed E-state index contributed by atoms with van der Waals surface area (Å²) in [4.78, 5) is 16.6. The number of rotatable bonds is 11. The zero-order valence-corrected chi connectivity index (χ0v) is 21.8. The molecule has 0 aromatic heterocycles. The summed E-state index contributed by atoms with van der Waals surface area (Å²) in [5.41, 5.74) is 4.70. The van der Waals surface area contributed by atoms with E-state index in [4.69, 9.17) is 4.74 Å². The maximum atomic E-state index is 11.8. The summed E-state index contributed by atoms with van der Waals surface area (Å²) in [5, 5.41) is 20.3. The van der Waals surface area contributed by atoms with E-state index in [-0.39, 0.29) is 6.04 Å². The Morgan fingerprint density at radius 2 is 1.59 bits per heavy atom. The van der Waals surface area contributed by atoms with E-state index in [1.165, 1.54) is 30.5 Å². The maximum Gasteiger partial charge on any atom is 0.337 e. The summed E-state index contributed by atoms with van der Waals surface area (Å²) in [6.07, 6.45) is 3.89.